The summed E-state index contributed by atoms with van der Waals surface area (Å²) in [7, 11) is 0. The minimum absolute atomic E-state index is 0.580. The van der Waals surface area contributed by atoms with Crippen LogP contribution in [0.15, 0.2) is 35.1 Å². The minimum atomic E-state index is 0.580. The van der Waals surface area contributed by atoms with Crippen LogP contribution < -0.4 is 5.73 Å². The van der Waals surface area contributed by atoms with Gasteiger partial charge in [-0.1, -0.05) is 41.4 Å². The number of benzene rings is 1. The fourth-order valence-corrected chi connectivity index (χ4v) is 2.21. The van der Waals surface area contributed by atoms with Crippen molar-refractivity contribution in [2.24, 2.45) is 0 Å². The highest BCUT2D eigenvalue weighted by Crippen LogP contribution is 2.27. The van der Waals surface area contributed by atoms with Gasteiger partial charge in [-0.2, -0.15) is 0 Å². The maximum absolute atomic E-state index is 5.92. The molecule has 0 atom stereocenters. The number of nitrogens with two attached hydrogens (primary N) is 1. The molecule has 17 heavy (non-hydrogen) atoms. The lowest BCUT2D eigenvalue weighted by Crippen LogP contribution is -2.02. The van der Waals surface area contributed by atoms with E-state index in [1.165, 1.54) is 6.33 Å². The van der Waals surface area contributed by atoms with Crippen LogP contribution >= 0.6 is 15.9 Å². The zero-order chi connectivity index (χ0) is 12.3. The number of nitrogens with zero attached hydrogens (tertiary/aromatic N) is 2. The SMILES string of the molecule is CCCc1c(N)ncnc1-c1cccc(Br)c1. The number of hydrogen-bond donors (Lipinski definition) is 1. The molecule has 0 amide bonds. The van der Waals surface area contributed by atoms with Crippen LogP contribution in [0.4, 0.5) is 5.82 Å². The molecular weight excluding hydrogens is 278 g/mol. The minimum Gasteiger partial charge on any atom is -0.383 e. The largest absolute Gasteiger partial charge is 0.383 e. The van der Waals surface area contributed by atoms with Gasteiger partial charge in [0.1, 0.15) is 12.1 Å². The fraction of sp³-hybridized carbons (Fsp3) is 0.231. The van der Waals surface area contributed by atoms with Gasteiger partial charge in [0, 0.05) is 15.6 Å². The number of anilines is 1. The van der Waals surface area contributed by atoms with Crippen molar-refractivity contribution in [2.75, 3.05) is 5.73 Å². The molecule has 3 nitrogen and oxygen atoms in total. The van der Waals surface area contributed by atoms with Gasteiger partial charge in [-0.25, -0.2) is 9.97 Å². The van der Waals surface area contributed by atoms with Gasteiger partial charge in [-0.3, -0.25) is 0 Å². The van der Waals surface area contributed by atoms with Gasteiger partial charge in [0.25, 0.3) is 0 Å². The standard InChI is InChI=1S/C13H14BrN3/c1-2-4-11-12(16-8-17-13(11)15)9-5-3-6-10(14)7-9/h3,5-8H,2,4H2,1H3,(H2,15,16,17). The molecule has 0 aliphatic carbocycles. The lowest BCUT2D eigenvalue weighted by atomic mass is 10.0. The number of aromatic nitrogens is 2. The maximum Gasteiger partial charge on any atom is 0.130 e. The molecule has 1 aromatic carbocycles. The van der Waals surface area contributed by atoms with E-state index in [2.05, 4.69) is 32.8 Å². The quantitative estimate of drug-likeness (QED) is 0.942. The molecule has 4 heteroatoms. The van der Waals surface area contributed by atoms with Gasteiger partial charge in [-0.05, 0) is 18.6 Å². The number of rotatable bonds is 3. The summed E-state index contributed by atoms with van der Waals surface area (Å²) in [4.78, 5) is 8.42. The molecule has 0 spiro atoms. The van der Waals surface area contributed by atoms with Crippen molar-refractivity contribution in [1.29, 1.82) is 0 Å². The van der Waals surface area contributed by atoms with Gasteiger partial charge in [0.05, 0.1) is 5.69 Å². The van der Waals surface area contributed by atoms with Gasteiger partial charge >= 0.3 is 0 Å². The first-order valence-electron chi connectivity index (χ1n) is 5.57. The summed E-state index contributed by atoms with van der Waals surface area (Å²) >= 11 is 3.47. The Balaban J connectivity index is 2.54. The molecule has 0 saturated carbocycles. The van der Waals surface area contributed by atoms with E-state index in [-0.39, 0.29) is 0 Å². The number of halogens is 1. The molecule has 0 fully saturated rings. The zero-order valence-electron chi connectivity index (χ0n) is 9.65. The van der Waals surface area contributed by atoms with Crippen molar-refractivity contribution in [3.8, 4) is 11.3 Å². The molecular formula is C13H14BrN3. The molecule has 2 N–H and O–H groups in total. The lowest BCUT2D eigenvalue weighted by Gasteiger charge is -2.09. The second-order valence-corrected chi connectivity index (χ2v) is 4.76. The van der Waals surface area contributed by atoms with Crippen LogP contribution in [0, 0.1) is 0 Å². The van der Waals surface area contributed by atoms with Gasteiger partial charge < -0.3 is 5.73 Å². The van der Waals surface area contributed by atoms with E-state index in [9.17, 15) is 0 Å². The molecule has 2 rings (SSSR count). The summed E-state index contributed by atoms with van der Waals surface area (Å²) in [5.74, 6) is 0.580. The van der Waals surface area contributed by atoms with Gasteiger partial charge in [0.2, 0.25) is 0 Å². The Hall–Kier alpha value is -1.42. The average Bonchev–Trinajstić information content (AvgIpc) is 2.32. The summed E-state index contributed by atoms with van der Waals surface area (Å²) in [6.07, 6.45) is 3.44. The lowest BCUT2D eigenvalue weighted by molar-refractivity contribution is 0.908. The third-order valence-electron chi connectivity index (χ3n) is 2.58. The summed E-state index contributed by atoms with van der Waals surface area (Å²) in [5, 5.41) is 0. The monoisotopic (exact) mass is 291 g/mol. The first-order valence-corrected chi connectivity index (χ1v) is 6.37. The van der Waals surface area contributed by atoms with E-state index in [1.54, 1.807) is 0 Å². The van der Waals surface area contributed by atoms with Crippen LogP contribution in [0.3, 0.4) is 0 Å². The number of nitrogen functional groups attached to an aromatic ring is 1. The Morgan fingerprint density at radius 2 is 2.12 bits per heavy atom. The molecule has 1 aromatic heterocycles. The topological polar surface area (TPSA) is 51.8 Å². The molecule has 88 valence electrons. The summed E-state index contributed by atoms with van der Waals surface area (Å²) in [6, 6.07) is 8.06. The van der Waals surface area contributed by atoms with Gasteiger partial charge in [0.15, 0.2) is 0 Å². The Morgan fingerprint density at radius 1 is 1.29 bits per heavy atom. The second-order valence-electron chi connectivity index (χ2n) is 3.85. The van der Waals surface area contributed by atoms with E-state index >= 15 is 0 Å². The third kappa shape index (κ3) is 2.64. The van der Waals surface area contributed by atoms with Crippen molar-refractivity contribution in [3.63, 3.8) is 0 Å². The molecule has 0 unspecified atom stereocenters. The predicted octanol–water partition coefficient (Wildman–Crippen LogP) is 3.44. The normalized spacial score (nSPS) is 10.5. The predicted molar refractivity (Wildman–Crippen MR) is 73.6 cm³/mol. The van der Waals surface area contributed by atoms with Crippen LogP contribution in [0.1, 0.15) is 18.9 Å². The van der Waals surface area contributed by atoms with Crippen molar-refractivity contribution < 1.29 is 0 Å². The van der Waals surface area contributed by atoms with Crippen molar-refractivity contribution in [3.05, 3.63) is 40.6 Å². The highest BCUT2D eigenvalue weighted by molar-refractivity contribution is 9.10. The van der Waals surface area contributed by atoms with E-state index in [0.29, 0.717) is 5.82 Å². The van der Waals surface area contributed by atoms with Crippen molar-refractivity contribution in [1.82, 2.24) is 9.97 Å². The summed E-state index contributed by atoms with van der Waals surface area (Å²) < 4.78 is 1.04. The molecule has 1 heterocycles. The summed E-state index contributed by atoms with van der Waals surface area (Å²) in [5.41, 5.74) is 8.95. The van der Waals surface area contributed by atoms with Crippen LogP contribution in [0.25, 0.3) is 11.3 Å². The Kier molecular flexibility index (Phi) is 3.74. The van der Waals surface area contributed by atoms with Crippen LogP contribution in [0.2, 0.25) is 0 Å². The van der Waals surface area contributed by atoms with Crippen LogP contribution in [0.5, 0.6) is 0 Å². The zero-order valence-corrected chi connectivity index (χ0v) is 11.2. The first kappa shape index (κ1) is 12.0. The third-order valence-corrected chi connectivity index (χ3v) is 3.07. The van der Waals surface area contributed by atoms with Crippen molar-refractivity contribution in [2.45, 2.75) is 19.8 Å². The number of hydrogen-bond acceptors (Lipinski definition) is 3. The molecule has 0 bridgehead atoms. The Labute approximate surface area is 109 Å². The van der Waals surface area contributed by atoms with Crippen molar-refractivity contribution >= 4 is 21.7 Å². The first-order chi connectivity index (χ1) is 8.22. The molecule has 0 aliphatic heterocycles. The molecule has 0 radical (unpaired) electrons. The average molecular weight is 292 g/mol. The maximum atomic E-state index is 5.92. The molecule has 2 aromatic rings. The highest BCUT2D eigenvalue weighted by Gasteiger charge is 2.10. The second kappa shape index (κ2) is 5.27. The Bertz CT molecular complexity index is 526. The van der Waals surface area contributed by atoms with E-state index in [1.807, 2.05) is 24.3 Å². The van der Waals surface area contributed by atoms with Crippen LogP contribution in [-0.4, -0.2) is 9.97 Å². The Morgan fingerprint density at radius 3 is 2.82 bits per heavy atom. The highest BCUT2D eigenvalue weighted by atomic mass is 79.9. The van der Waals surface area contributed by atoms with Gasteiger partial charge in [-0.15, -0.1) is 0 Å². The smallest absolute Gasteiger partial charge is 0.130 e. The van der Waals surface area contributed by atoms with E-state index < -0.39 is 0 Å². The summed E-state index contributed by atoms with van der Waals surface area (Å²) in [6.45, 7) is 2.12. The van der Waals surface area contributed by atoms with E-state index in [0.717, 1.165) is 34.1 Å². The van der Waals surface area contributed by atoms with E-state index in [4.69, 9.17) is 5.73 Å². The fourth-order valence-electron chi connectivity index (χ4n) is 1.81. The molecule has 0 saturated heterocycles. The van der Waals surface area contributed by atoms with Crippen LogP contribution in [-0.2, 0) is 6.42 Å². The molecule has 0 aliphatic rings.